The van der Waals surface area contributed by atoms with Crippen LogP contribution in [0.1, 0.15) is 12.8 Å². The van der Waals surface area contributed by atoms with E-state index in [-0.39, 0.29) is 18.6 Å². The van der Waals surface area contributed by atoms with Crippen molar-refractivity contribution < 1.29 is 14.6 Å². The Morgan fingerprint density at radius 3 is 2.91 bits per heavy atom. The highest BCUT2D eigenvalue weighted by molar-refractivity contribution is 6.33. The molecule has 1 N–H and O–H groups in total. The van der Waals surface area contributed by atoms with Gasteiger partial charge < -0.3 is 14.7 Å². The molecule has 0 spiro atoms. The molecule has 5 nitrogen and oxygen atoms in total. The number of carbonyl (C=O) groups excluding carboxylic acids is 1. The third-order valence-corrected chi connectivity index (χ3v) is 4.26. The molecule has 0 radical (unpaired) electrons. The van der Waals surface area contributed by atoms with Gasteiger partial charge in [0.05, 0.1) is 29.5 Å². The van der Waals surface area contributed by atoms with E-state index in [9.17, 15) is 9.90 Å². The summed E-state index contributed by atoms with van der Waals surface area (Å²) in [6, 6.07) is 7.15. The number of likely N-dealkylation sites (N-methyl/N-ethyl adjacent to an activating group) is 1. The Kier molecular flexibility index (Phi) is 6.20. The molecule has 0 aliphatic carbocycles. The number of anilines is 1. The average Bonchev–Trinajstić information content (AvgIpc) is 2.48. The first-order valence-electron chi connectivity index (χ1n) is 7.47. The number of aliphatic hydroxyl groups is 1. The number of amides is 1. The Hall–Kier alpha value is -1.14. The Morgan fingerprint density at radius 2 is 2.23 bits per heavy atom. The molecule has 0 aromatic heterocycles. The molecule has 1 aromatic carbocycles. The summed E-state index contributed by atoms with van der Waals surface area (Å²) in [5.74, 6) is 0.0338. The standard InChI is InChI=1S/C16H23ClN2O3/c1-18(10-12(20)11-22-2)15-8-5-9-19(16(15)21)14-7-4-3-6-13(14)17/h3-4,6-7,12,15,20H,5,8-11H2,1-2H3/t12-,15-/m0/s1. The maximum Gasteiger partial charge on any atom is 0.244 e. The quantitative estimate of drug-likeness (QED) is 0.865. The van der Waals surface area contributed by atoms with E-state index in [1.807, 2.05) is 30.1 Å². The Bertz CT molecular complexity index is 512. The van der Waals surface area contributed by atoms with E-state index in [4.69, 9.17) is 16.3 Å². The van der Waals surface area contributed by atoms with Crippen molar-refractivity contribution in [1.82, 2.24) is 4.90 Å². The molecular formula is C16H23ClN2O3. The van der Waals surface area contributed by atoms with Gasteiger partial charge in [-0.3, -0.25) is 9.69 Å². The number of para-hydroxylation sites is 1. The molecule has 1 aliphatic heterocycles. The molecule has 1 aromatic rings. The minimum absolute atomic E-state index is 0.0338. The number of hydrogen-bond acceptors (Lipinski definition) is 4. The first-order chi connectivity index (χ1) is 10.5. The van der Waals surface area contributed by atoms with Crippen LogP contribution in [0.2, 0.25) is 5.02 Å². The number of aliphatic hydroxyl groups excluding tert-OH is 1. The lowest BCUT2D eigenvalue weighted by Crippen LogP contribution is -2.53. The second kappa shape index (κ2) is 7.92. The van der Waals surface area contributed by atoms with Crippen molar-refractivity contribution in [3.63, 3.8) is 0 Å². The van der Waals surface area contributed by atoms with Gasteiger partial charge in [0, 0.05) is 20.2 Å². The van der Waals surface area contributed by atoms with Crippen molar-refractivity contribution in [1.29, 1.82) is 0 Å². The fourth-order valence-electron chi connectivity index (χ4n) is 2.88. The van der Waals surface area contributed by atoms with Gasteiger partial charge in [0.15, 0.2) is 0 Å². The highest BCUT2D eigenvalue weighted by Crippen LogP contribution is 2.29. The first kappa shape index (κ1) is 17.2. The molecule has 22 heavy (non-hydrogen) atoms. The number of rotatable bonds is 6. The van der Waals surface area contributed by atoms with Gasteiger partial charge in [-0.1, -0.05) is 23.7 Å². The Balaban J connectivity index is 2.08. The summed E-state index contributed by atoms with van der Waals surface area (Å²) in [6.45, 7) is 1.34. The SMILES string of the molecule is COC[C@@H](O)CN(C)[C@H]1CCCN(c2ccccc2Cl)C1=O. The molecule has 6 heteroatoms. The van der Waals surface area contributed by atoms with Crippen LogP contribution in [-0.2, 0) is 9.53 Å². The van der Waals surface area contributed by atoms with E-state index in [1.54, 1.807) is 18.1 Å². The van der Waals surface area contributed by atoms with Gasteiger partial charge >= 0.3 is 0 Å². The molecule has 2 rings (SSSR count). The van der Waals surface area contributed by atoms with Gasteiger partial charge in [0.25, 0.3) is 0 Å². The molecular weight excluding hydrogens is 304 g/mol. The molecule has 1 fully saturated rings. The zero-order valence-corrected chi connectivity index (χ0v) is 13.8. The smallest absolute Gasteiger partial charge is 0.244 e. The van der Waals surface area contributed by atoms with Gasteiger partial charge in [0.2, 0.25) is 5.91 Å². The number of halogens is 1. The number of methoxy groups -OCH3 is 1. The zero-order chi connectivity index (χ0) is 16.1. The largest absolute Gasteiger partial charge is 0.389 e. The summed E-state index contributed by atoms with van der Waals surface area (Å²) in [4.78, 5) is 16.4. The van der Waals surface area contributed by atoms with E-state index < -0.39 is 6.10 Å². The topological polar surface area (TPSA) is 53.0 Å². The van der Waals surface area contributed by atoms with Crippen LogP contribution in [-0.4, -0.2) is 61.9 Å². The minimum atomic E-state index is -0.599. The predicted molar refractivity (Wildman–Crippen MR) is 87.3 cm³/mol. The molecule has 122 valence electrons. The van der Waals surface area contributed by atoms with Crippen molar-refractivity contribution in [2.75, 3.05) is 38.8 Å². The summed E-state index contributed by atoms with van der Waals surface area (Å²) in [6.07, 6.45) is 1.10. The summed E-state index contributed by atoms with van der Waals surface area (Å²) >= 11 is 6.21. The summed E-state index contributed by atoms with van der Waals surface area (Å²) in [5.41, 5.74) is 0.754. The van der Waals surface area contributed by atoms with Crippen molar-refractivity contribution in [2.45, 2.75) is 25.0 Å². The van der Waals surface area contributed by atoms with Crippen LogP contribution < -0.4 is 4.90 Å². The molecule has 0 saturated carbocycles. The first-order valence-corrected chi connectivity index (χ1v) is 7.85. The van der Waals surface area contributed by atoms with Gasteiger partial charge in [-0.15, -0.1) is 0 Å². The minimum Gasteiger partial charge on any atom is -0.389 e. The Morgan fingerprint density at radius 1 is 1.50 bits per heavy atom. The van der Waals surface area contributed by atoms with Crippen molar-refractivity contribution in [2.24, 2.45) is 0 Å². The van der Waals surface area contributed by atoms with Gasteiger partial charge in [-0.05, 0) is 32.0 Å². The van der Waals surface area contributed by atoms with Crippen LogP contribution in [0.25, 0.3) is 0 Å². The van der Waals surface area contributed by atoms with Crippen LogP contribution in [0.15, 0.2) is 24.3 Å². The summed E-state index contributed by atoms with van der Waals surface area (Å²) in [7, 11) is 3.41. The molecule has 0 bridgehead atoms. The molecule has 1 saturated heterocycles. The van der Waals surface area contributed by atoms with E-state index >= 15 is 0 Å². The molecule has 1 amide bonds. The van der Waals surface area contributed by atoms with Crippen LogP contribution >= 0.6 is 11.6 Å². The van der Waals surface area contributed by atoms with Crippen molar-refractivity contribution in [3.05, 3.63) is 29.3 Å². The second-order valence-electron chi connectivity index (χ2n) is 5.65. The van der Waals surface area contributed by atoms with Gasteiger partial charge in [0.1, 0.15) is 0 Å². The maximum absolute atomic E-state index is 12.8. The van der Waals surface area contributed by atoms with Gasteiger partial charge in [-0.25, -0.2) is 0 Å². The number of piperidine rings is 1. The van der Waals surface area contributed by atoms with E-state index in [2.05, 4.69) is 0 Å². The van der Waals surface area contributed by atoms with E-state index in [0.717, 1.165) is 18.5 Å². The average molecular weight is 327 g/mol. The normalized spacial score (nSPS) is 20.5. The van der Waals surface area contributed by atoms with Crippen molar-refractivity contribution in [3.8, 4) is 0 Å². The van der Waals surface area contributed by atoms with Crippen molar-refractivity contribution >= 4 is 23.2 Å². The molecule has 2 atom stereocenters. The van der Waals surface area contributed by atoms with Crippen LogP contribution in [0.4, 0.5) is 5.69 Å². The Labute approximate surface area is 136 Å². The molecule has 1 aliphatic rings. The van der Waals surface area contributed by atoms with E-state index in [1.165, 1.54) is 0 Å². The molecule has 1 heterocycles. The highest BCUT2D eigenvalue weighted by atomic mass is 35.5. The highest BCUT2D eigenvalue weighted by Gasteiger charge is 2.33. The fraction of sp³-hybridized carbons (Fsp3) is 0.562. The monoisotopic (exact) mass is 326 g/mol. The fourth-order valence-corrected chi connectivity index (χ4v) is 3.12. The lowest BCUT2D eigenvalue weighted by Gasteiger charge is -2.37. The lowest BCUT2D eigenvalue weighted by atomic mass is 10.0. The number of carbonyl (C=O) groups is 1. The number of hydrogen-bond donors (Lipinski definition) is 1. The van der Waals surface area contributed by atoms with Crippen LogP contribution in [0, 0.1) is 0 Å². The zero-order valence-electron chi connectivity index (χ0n) is 13.0. The summed E-state index contributed by atoms with van der Waals surface area (Å²) < 4.78 is 4.94. The predicted octanol–water partition coefficient (Wildman–Crippen LogP) is 1.77. The second-order valence-corrected chi connectivity index (χ2v) is 6.06. The van der Waals surface area contributed by atoms with Gasteiger partial charge in [-0.2, -0.15) is 0 Å². The number of ether oxygens (including phenoxy) is 1. The maximum atomic E-state index is 12.8. The number of nitrogens with zero attached hydrogens (tertiary/aromatic N) is 2. The van der Waals surface area contributed by atoms with E-state index in [0.29, 0.717) is 18.1 Å². The van der Waals surface area contributed by atoms with Crippen LogP contribution in [0.5, 0.6) is 0 Å². The molecule has 0 unspecified atom stereocenters. The lowest BCUT2D eigenvalue weighted by molar-refractivity contribution is -0.125. The third-order valence-electron chi connectivity index (χ3n) is 3.94. The third kappa shape index (κ3) is 3.98. The van der Waals surface area contributed by atoms with Crippen LogP contribution in [0.3, 0.4) is 0 Å². The summed E-state index contributed by atoms with van der Waals surface area (Å²) in [5, 5.41) is 10.4. The number of benzene rings is 1.